The van der Waals surface area contributed by atoms with E-state index >= 15 is 0 Å². The van der Waals surface area contributed by atoms with Gasteiger partial charge in [0.25, 0.3) is 5.91 Å². The smallest absolute Gasteiger partial charge is 0.341 e. The number of nitrogens with zero attached hydrogens (tertiary/aromatic N) is 1. The van der Waals surface area contributed by atoms with Crippen LogP contribution in [0.1, 0.15) is 77.1 Å². The number of rotatable bonds is 8. The zero-order valence-electron chi connectivity index (χ0n) is 22.7. The second kappa shape index (κ2) is 12.5. The minimum Gasteiger partial charge on any atom is -0.462 e. The first kappa shape index (κ1) is 27.6. The number of esters is 2. The minimum absolute atomic E-state index is 0.242. The third kappa shape index (κ3) is 5.79. The molecule has 0 spiro atoms. The van der Waals surface area contributed by atoms with E-state index in [1.165, 1.54) is 11.3 Å². The number of fused-ring (bicyclic) bond motifs is 2. The number of oxazole rings is 1. The highest BCUT2D eigenvalue weighted by molar-refractivity contribution is 7.17. The van der Waals surface area contributed by atoms with E-state index in [-0.39, 0.29) is 18.6 Å². The highest BCUT2D eigenvalue weighted by Crippen LogP contribution is 2.38. The minimum atomic E-state index is -1.07. The molecule has 0 bridgehead atoms. The number of carbonyl (C=O) groups excluding carboxylic acids is 3. The van der Waals surface area contributed by atoms with Crippen molar-refractivity contribution < 1.29 is 28.3 Å². The van der Waals surface area contributed by atoms with Gasteiger partial charge < -0.3 is 19.2 Å². The fourth-order valence-corrected chi connectivity index (χ4v) is 6.25. The van der Waals surface area contributed by atoms with Crippen molar-refractivity contribution in [3.05, 3.63) is 70.1 Å². The van der Waals surface area contributed by atoms with Crippen molar-refractivity contribution in [2.75, 3.05) is 11.9 Å². The van der Waals surface area contributed by atoms with Crippen LogP contribution >= 0.6 is 11.3 Å². The number of benzene rings is 2. The van der Waals surface area contributed by atoms with Gasteiger partial charge in [0.1, 0.15) is 10.5 Å². The first-order valence-electron chi connectivity index (χ1n) is 13.8. The first-order chi connectivity index (χ1) is 19.5. The van der Waals surface area contributed by atoms with Gasteiger partial charge in [-0.2, -0.15) is 0 Å². The normalized spacial score (nSPS) is 14.1. The van der Waals surface area contributed by atoms with Gasteiger partial charge in [-0.15, -0.1) is 11.3 Å². The van der Waals surface area contributed by atoms with E-state index in [1.54, 1.807) is 44.2 Å². The van der Waals surface area contributed by atoms with Crippen molar-refractivity contribution in [3.8, 4) is 11.5 Å². The second-order valence-electron chi connectivity index (χ2n) is 9.67. The number of hydrogen-bond donors (Lipinski definition) is 1. The van der Waals surface area contributed by atoms with E-state index in [0.717, 1.165) is 49.0 Å². The average molecular weight is 561 g/mol. The van der Waals surface area contributed by atoms with Crippen molar-refractivity contribution in [2.45, 2.75) is 64.9 Å². The first-order valence-corrected chi connectivity index (χ1v) is 14.6. The summed E-state index contributed by atoms with van der Waals surface area (Å²) in [6.45, 7) is 3.77. The van der Waals surface area contributed by atoms with Crippen LogP contribution in [-0.4, -0.2) is 35.5 Å². The molecule has 8 nitrogen and oxygen atoms in total. The Hall–Kier alpha value is -3.98. The Balaban J connectivity index is 1.38. The summed E-state index contributed by atoms with van der Waals surface area (Å²) in [7, 11) is 0. The third-order valence-electron chi connectivity index (χ3n) is 6.97. The SMILES string of the molecule is CCOC(=O)c1c(NC(=O)C(CC)OC(=O)c2ccccc2-c2nc3ccccc3o2)sc2c1CCCCCC2. The summed E-state index contributed by atoms with van der Waals surface area (Å²) in [6, 6.07) is 14.2. The van der Waals surface area contributed by atoms with Gasteiger partial charge in [0.05, 0.1) is 23.3 Å². The number of anilines is 1. The number of amides is 1. The van der Waals surface area contributed by atoms with Gasteiger partial charge in [0.2, 0.25) is 5.89 Å². The molecule has 9 heteroatoms. The second-order valence-corrected chi connectivity index (χ2v) is 10.8. The van der Waals surface area contributed by atoms with Crippen molar-refractivity contribution in [2.24, 2.45) is 0 Å². The molecule has 5 rings (SSSR count). The van der Waals surface area contributed by atoms with Crippen LogP contribution in [0.3, 0.4) is 0 Å². The number of ether oxygens (including phenoxy) is 2. The number of nitrogens with one attached hydrogen (secondary N) is 1. The van der Waals surface area contributed by atoms with Gasteiger partial charge in [0.15, 0.2) is 11.7 Å². The Bertz CT molecular complexity index is 1500. The van der Waals surface area contributed by atoms with Crippen LogP contribution in [0.4, 0.5) is 5.00 Å². The number of aryl methyl sites for hydroxylation is 1. The molecule has 1 unspecified atom stereocenters. The Morgan fingerprint density at radius 2 is 1.73 bits per heavy atom. The quantitative estimate of drug-likeness (QED) is 0.232. The van der Waals surface area contributed by atoms with Crippen LogP contribution in [-0.2, 0) is 27.1 Å². The van der Waals surface area contributed by atoms with Crippen LogP contribution in [0.2, 0.25) is 0 Å². The maximum Gasteiger partial charge on any atom is 0.341 e. The van der Waals surface area contributed by atoms with Gasteiger partial charge in [-0.25, -0.2) is 14.6 Å². The lowest BCUT2D eigenvalue weighted by Crippen LogP contribution is -2.32. The number of thiophene rings is 1. The molecular weight excluding hydrogens is 528 g/mol. The van der Waals surface area contributed by atoms with E-state index in [1.807, 2.05) is 18.2 Å². The predicted octanol–water partition coefficient (Wildman–Crippen LogP) is 6.97. The molecule has 1 atom stereocenters. The standard InChI is InChI=1S/C31H32N2O6S/c1-3-23(27(34)33-29-26(31(36)37-4-2)21-15-7-5-6-8-18-25(21)40-29)39-30(35)20-14-10-9-13-19(20)28-32-22-16-11-12-17-24(22)38-28/h9-14,16-17,23H,3-8,15,18H2,1-2H3,(H,33,34). The van der Waals surface area contributed by atoms with E-state index in [4.69, 9.17) is 13.9 Å². The Kier molecular flexibility index (Phi) is 8.60. The molecule has 0 radical (unpaired) electrons. The van der Waals surface area contributed by atoms with Gasteiger partial charge in [-0.3, -0.25) is 4.79 Å². The molecule has 1 aliphatic rings. The molecule has 0 fully saturated rings. The van der Waals surface area contributed by atoms with Crippen molar-refractivity contribution in [1.29, 1.82) is 0 Å². The fraction of sp³-hybridized carbons (Fsp3) is 0.355. The van der Waals surface area contributed by atoms with E-state index in [0.29, 0.717) is 33.1 Å². The summed E-state index contributed by atoms with van der Waals surface area (Å²) in [4.78, 5) is 45.3. The molecule has 2 aromatic heterocycles. The summed E-state index contributed by atoms with van der Waals surface area (Å²) in [5.41, 5.74) is 3.39. The van der Waals surface area contributed by atoms with Crippen molar-refractivity contribution in [3.63, 3.8) is 0 Å². The highest BCUT2D eigenvalue weighted by atomic mass is 32.1. The maximum absolute atomic E-state index is 13.4. The summed E-state index contributed by atoms with van der Waals surface area (Å²) < 4.78 is 16.9. The zero-order valence-corrected chi connectivity index (χ0v) is 23.5. The lowest BCUT2D eigenvalue weighted by Gasteiger charge is -2.17. The molecule has 2 aromatic carbocycles. The molecule has 4 aromatic rings. The Labute approximate surface area is 236 Å². The fourth-order valence-electron chi connectivity index (χ4n) is 4.97. The summed E-state index contributed by atoms with van der Waals surface area (Å²) in [5, 5.41) is 3.35. The van der Waals surface area contributed by atoms with Gasteiger partial charge in [-0.1, -0.05) is 44.0 Å². The molecule has 1 aliphatic carbocycles. The van der Waals surface area contributed by atoms with Crippen LogP contribution in [0.25, 0.3) is 22.6 Å². The van der Waals surface area contributed by atoms with Crippen molar-refractivity contribution >= 4 is 45.3 Å². The lowest BCUT2D eigenvalue weighted by molar-refractivity contribution is -0.124. The van der Waals surface area contributed by atoms with Gasteiger partial charge in [0, 0.05) is 4.88 Å². The predicted molar refractivity (Wildman–Crippen MR) is 154 cm³/mol. The topological polar surface area (TPSA) is 108 Å². The van der Waals surface area contributed by atoms with Crippen LogP contribution in [0.15, 0.2) is 52.9 Å². The molecular formula is C31H32N2O6S. The molecule has 0 saturated heterocycles. The Morgan fingerprint density at radius 3 is 2.50 bits per heavy atom. The van der Waals surface area contributed by atoms with E-state index in [2.05, 4.69) is 10.3 Å². The number of para-hydroxylation sites is 2. The number of hydrogen-bond acceptors (Lipinski definition) is 8. The molecule has 1 amide bonds. The van der Waals surface area contributed by atoms with Crippen LogP contribution < -0.4 is 5.32 Å². The van der Waals surface area contributed by atoms with Crippen molar-refractivity contribution in [1.82, 2.24) is 4.98 Å². The van der Waals surface area contributed by atoms with Gasteiger partial charge >= 0.3 is 11.9 Å². The summed E-state index contributed by atoms with van der Waals surface area (Å²) in [5.74, 6) is -1.30. The number of aromatic nitrogens is 1. The lowest BCUT2D eigenvalue weighted by atomic mass is 9.96. The number of carbonyl (C=O) groups is 3. The summed E-state index contributed by atoms with van der Waals surface area (Å²) >= 11 is 1.42. The zero-order chi connectivity index (χ0) is 28.1. The molecule has 1 N–H and O–H groups in total. The largest absolute Gasteiger partial charge is 0.462 e. The summed E-state index contributed by atoms with van der Waals surface area (Å²) in [6.07, 6.45) is 5.10. The molecule has 40 heavy (non-hydrogen) atoms. The van der Waals surface area contributed by atoms with E-state index < -0.39 is 23.9 Å². The molecule has 0 saturated carbocycles. The van der Waals surface area contributed by atoms with Gasteiger partial charge in [-0.05, 0) is 68.9 Å². The Morgan fingerprint density at radius 1 is 0.975 bits per heavy atom. The third-order valence-corrected chi connectivity index (χ3v) is 8.18. The molecule has 208 valence electrons. The van der Waals surface area contributed by atoms with Crippen LogP contribution in [0.5, 0.6) is 0 Å². The molecule has 2 heterocycles. The average Bonchev–Trinajstić information content (AvgIpc) is 3.52. The van der Waals surface area contributed by atoms with Crippen LogP contribution in [0, 0.1) is 0 Å². The maximum atomic E-state index is 13.4. The highest BCUT2D eigenvalue weighted by Gasteiger charge is 2.30. The van der Waals surface area contributed by atoms with E-state index in [9.17, 15) is 14.4 Å². The molecule has 0 aliphatic heterocycles. The monoisotopic (exact) mass is 560 g/mol.